The number of guanidine groups is 1. The summed E-state index contributed by atoms with van der Waals surface area (Å²) in [6.45, 7) is 2.35. The summed E-state index contributed by atoms with van der Waals surface area (Å²) in [7, 11) is 0. The predicted octanol–water partition coefficient (Wildman–Crippen LogP) is 0.345. The van der Waals surface area contributed by atoms with Crippen molar-refractivity contribution in [2.45, 2.75) is 25.8 Å². The number of carboxylic acid groups (broad SMARTS) is 1. The number of aryl methyl sites for hydroxylation is 1. The molecule has 1 atom stereocenters. The van der Waals surface area contributed by atoms with E-state index in [1.807, 2.05) is 13.0 Å². The lowest BCUT2D eigenvalue weighted by molar-refractivity contribution is -0.138. The van der Waals surface area contributed by atoms with E-state index in [4.69, 9.17) is 32.1 Å². The summed E-state index contributed by atoms with van der Waals surface area (Å²) in [5, 5.41) is 18.6. The van der Waals surface area contributed by atoms with Gasteiger partial charge < -0.3 is 32.0 Å². The van der Waals surface area contributed by atoms with Gasteiger partial charge in [0, 0.05) is 29.8 Å². The number of fused-ring (bicyclic) bond motifs is 1. The Kier molecular flexibility index (Phi) is 7.42. The molecule has 9 nitrogen and oxygen atoms in total. The standard InChI is InChI=1S/C10H9NO2.C6H14N4O2/c1-6-4-10(12)13-9-5-7(11)2-3-8(6)9;7-4(5(11)12)2-1-3-10-6(8)9/h2-5H,11H2,1H3;4H,1-3,7H2,(H,11,12)(H4,8,9,10). The SMILES string of the molecule is Cc1cc(=O)oc2cc(N)ccc12.N=C(N)NCCCC(N)C(=O)O. The lowest BCUT2D eigenvalue weighted by Gasteiger charge is -2.06. The summed E-state index contributed by atoms with van der Waals surface area (Å²) in [5.41, 5.74) is 17.5. The van der Waals surface area contributed by atoms with Crippen LogP contribution in [0.5, 0.6) is 0 Å². The molecule has 136 valence electrons. The fraction of sp³-hybridized carbons (Fsp3) is 0.312. The van der Waals surface area contributed by atoms with Gasteiger partial charge in [0.05, 0.1) is 0 Å². The molecule has 0 saturated carbocycles. The molecular weight excluding hydrogens is 326 g/mol. The highest BCUT2D eigenvalue weighted by Gasteiger charge is 2.09. The molecule has 1 aromatic heterocycles. The second kappa shape index (κ2) is 9.28. The lowest BCUT2D eigenvalue weighted by Crippen LogP contribution is -2.34. The maximum Gasteiger partial charge on any atom is 0.336 e. The van der Waals surface area contributed by atoms with Crippen molar-refractivity contribution in [1.82, 2.24) is 5.32 Å². The van der Waals surface area contributed by atoms with Crippen molar-refractivity contribution in [2.75, 3.05) is 12.3 Å². The van der Waals surface area contributed by atoms with Gasteiger partial charge in [-0.05, 0) is 37.5 Å². The highest BCUT2D eigenvalue weighted by atomic mass is 16.4. The van der Waals surface area contributed by atoms with Gasteiger partial charge in [-0.25, -0.2) is 4.79 Å². The zero-order chi connectivity index (χ0) is 19.0. The van der Waals surface area contributed by atoms with Crippen LogP contribution in [0.25, 0.3) is 11.0 Å². The normalized spacial score (nSPS) is 11.3. The van der Waals surface area contributed by atoms with Gasteiger partial charge in [0.15, 0.2) is 5.96 Å². The smallest absolute Gasteiger partial charge is 0.336 e. The molecule has 0 aliphatic heterocycles. The number of aliphatic carboxylic acids is 1. The quantitative estimate of drug-likeness (QED) is 0.147. The maximum atomic E-state index is 11.0. The van der Waals surface area contributed by atoms with E-state index in [-0.39, 0.29) is 11.6 Å². The molecule has 2 rings (SSSR count). The number of nitrogens with one attached hydrogen (secondary N) is 2. The third-order valence-electron chi connectivity index (χ3n) is 3.30. The van der Waals surface area contributed by atoms with Crippen molar-refractivity contribution < 1.29 is 14.3 Å². The molecule has 9 heteroatoms. The molecule has 0 aliphatic rings. The van der Waals surface area contributed by atoms with Gasteiger partial charge in [-0.3, -0.25) is 10.2 Å². The average molecular weight is 349 g/mol. The third kappa shape index (κ3) is 6.92. The first kappa shape index (κ1) is 20.0. The molecule has 0 aliphatic carbocycles. The predicted molar refractivity (Wildman–Crippen MR) is 96.4 cm³/mol. The van der Waals surface area contributed by atoms with Crippen LogP contribution >= 0.6 is 0 Å². The van der Waals surface area contributed by atoms with Gasteiger partial charge in [-0.2, -0.15) is 0 Å². The minimum atomic E-state index is -1.00. The van der Waals surface area contributed by atoms with Crippen LogP contribution in [-0.4, -0.2) is 29.6 Å². The number of nitrogens with two attached hydrogens (primary N) is 3. The van der Waals surface area contributed by atoms with Crippen LogP contribution in [0.4, 0.5) is 5.69 Å². The zero-order valence-corrected chi connectivity index (χ0v) is 13.9. The number of nitrogen functional groups attached to an aromatic ring is 1. The molecule has 1 heterocycles. The van der Waals surface area contributed by atoms with E-state index in [0.717, 1.165) is 10.9 Å². The molecule has 25 heavy (non-hydrogen) atoms. The van der Waals surface area contributed by atoms with Crippen LogP contribution in [-0.2, 0) is 4.79 Å². The molecule has 0 radical (unpaired) electrons. The molecule has 2 aromatic rings. The minimum absolute atomic E-state index is 0.112. The van der Waals surface area contributed by atoms with Crippen LogP contribution in [0, 0.1) is 12.3 Å². The topological polar surface area (TPSA) is 181 Å². The summed E-state index contributed by atoms with van der Waals surface area (Å²) >= 11 is 0. The van der Waals surface area contributed by atoms with Gasteiger partial charge in [0.2, 0.25) is 0 Å². The number of carbonyl (C=O) groups is 1. The van der Waals surface area contributed by atoms with Crippen LogP contribution in [0.3, 0.4) is 0 Å². The second-order valence-corrected chi connectivity index (χ2v) is 5.43. The third-order valence-corrected chi connectivity index (χ3v) is 3.30. The molecule has 0 amide bonds. The molecule has 1 aromatic carbocycles. The van der Waals surface area contributed by atoms with Gasteiger partial charge in [-0.1, -0.05) is 0 Å². The molecular formula is C16H23N5O4. The Morgan fingerprint density at radius 3 is 2.68 bits per heavy atom. The number of benzene rings is 1. The molecule has 0 bridgehead atoms. The molecule has 9 N–H and O–H groups in total. The van der Waals surface area contributed by atoms with E-state index < -0.39 is 12.0 Å². The average Bonchev–Trinajstić information content (AvgIpc) is 2.50. The Labute approximate surface area is 144 Å². The van der Waals surface area contributed by atoms with E-state index in [9.17, 15) is 9.59 Å². The maximum absolute atomic E-state index is 11.0. The largest absolute Gasteiger partial charge is 0.480 e. The van der Waals surface area contributed by atoms with Crippen LogP contribution in [0.15, 0.2) is 33.5 Å². The molecule has 0 spiro atoms. The Morgan fingerprint density at radius 2 is 2.08 bits per heavy atom. The number of anilines is 1. The van der Waals surface area contributed by atoms with Crippen molar-refractivity contribution >= 4 is 28.6 Å². The van der Waals surface area contributed by atoms with Crippen molar-refractivity contribution in [3.63, 3.8) is 0 Å². The first-order valence-corrected chi connectivity index (χ1v) is 7.57. The first-order chi connectivity index (χ1) is 11.7. The number of rotatable bonds is 5. The molecule has 0 fully saturated rings. The van der Waals surface area contributed by atoms with Crippen LogP contribution in [0.1, 0.15) is 18.4 Å². The zero-order valence-electron chi connectivity index (χ0n) is 13.9. The highest BCUT2D eigenvalue weighted by molar-refractivity contribution is 5.82. The van der Waals surface area contributed by atoms with Gasteiger partial charge in [0.25, 0.3) is 0 Å². The number of carboxylic acids is 1. The van der Waals surface area contributed by atoms with E-state index in [2.05, 4.69) is 5.32 Å². The Balaban J connectivity index is 0.000000252. The van der Waals surface area contributed by atoms with E-state index in [1.54, 1.807) is 12.1 Å². The Morgan fingerprint density at radius 1 is 1.40 bits per heavy atom. The Bertz CT molecular complexity index is 803. The van der Waals surface area contributed by atoms with Gasteiger partial charge in [0.1, 0.15) is 11.6 Å². The molecule has 1 unspecified atom stereocenters. The summed E-state index contributed by atoms with van der Waals surface area (Å²) < 4.78 is 4.99. The Hall–Kier alpha value is -3.07. The van der Waals surface area contributed by atoms with E-state index >= 15 is 0 Å². The monoisotopic (exact) mass is 349 g/mol. The summed E-state index contributed by atoms with van der Waals surface area (Å²) in [6, 6.07) is 5.94. The summed E-state index contributed by atoms with van der Waals surface area (Å²) in [4.78, 5) is 21.2. The van der Waals surface area contributed by atoms with E-state index in [1.165, 1.54) is 6.07 Å². The highest BCUT2D eigenvalue weighted by Crippen LogP contribution is 2.18. The minimum Gasteiger partial charge on any atom is -0.480 e. The van der Waals surface area contributed by atoms with Crippen molar-refractivity contribution in [3.8, 4) is 0 Å². The van der Waals surface area contributed by atoms with Gasteiger partial charge in [-0.15, -0.1) is 0 Å². The number of hydrogen-bond acceptors (Lipinski definition) is 6. The van der Waals surface area contributed by atoms with Crippen molar-refractivity contribution in [1.29, 1.82) is 5.41 Å². The number of hydrogen-bond donors (Lipinski definition) is 6. The van der Waals surface area contributed by atoms with E-state index in [0.29, 0.717) is 30.7 Å². The molecule has 0 saturated heterocycles. The van der Waals surface area contributed by atoms with Gasteiger partial charge >= 0.3 is 11.6 Å². The lowest BCUT2D eigenvalue weighted by atomic mass is 10.1. The fourth-order valence-electron chi connectivity index (χ4n) is 2.01. The first-order valence-electron chi connectivity index (χ1n) is 7.57. The second-order valence-electron chi connectivity index (χ2n) is 5.43. The van der Waals surface area contributed by atoms with Crippen LogP contribution < -0.4 is 28.1 Å². The van der Waals surface area contributed by atoms with Crippen molar-refractivity contribution in [2.24, 2.45) is 11.5 Å². The van der Waals surface area contributed by atoms with Crippen LogP contribution in [0.2, 0.25) is 0 Å². The fourth-order valence-corrected chi connectivity index (χ4v) is 2.01. The summed E-state index contributed by atoms with van der Waals surface area (Å²) in [5.74, 6) is -1.11. The summed E-state index contributed by atoms with van der Waals surface area (Å²) in [6.07, 6.45) is 0.975. The van der Waals surface area contributed by atoms with Crippen molar-refractivity contribution in [3.05, 3.63) is 40.2 Å².